The highest BCUT2D eigenvalue weighted by atomic mass is 32.2. The number of carbonyl (C=O) groups excluding carboxylic acids is 1. The Morgan fingerprint density at radius 1 is 1.17 bits per heavy atom. The standard InChI is InChI=1S/C22H22N2O4S/c1-3-13-28-16-11-9-15(10-12-16)14-19-20(25)24(4-2)22(29-19)23-18-8-6-5-7-17(18)21(26)27/h5-12,14H,3-4,13H2,1-2H3,(H,26,27)/b19-14-,23-22?. The second-order valence-corrected chi connectivity index (χ2v) is 7.30. The summed E-state index contributed by atoms with van der Waals surface area (Å²) in [6, 6.07) is 14.1. The Bertz CT molecular complexity index is 967. The fraction of sp³-hybridized carbons (Fsp3) is 0.227. The van der Waals surface area contributed by atoms with Crippen LogP contribution in [0, 0.1) is 0 Å². The molecule has 1 N–H and O–H groups in total. The van der Waals surface area contributed by atoms with Crippen LogP contribution in [0.1, 0.15) is 36.2 Å². The van der Waals surface area contributed by atoms with E-state index >= 15 is 0 Å². The van der Waals surface area contributed by atoms with Gasteiger partial charge in [0.25, 0.3) is 5.91 Å². The van der Waals surface area contributed by atoms with Gasteiger partial charge in [0.1, 0.15) is 5.75 Å². The summed E-state index contributed by atoms with van der Waals surface area (Å²) in [6.07, 6.45) is 2.75. The third-order valence-electron chi connectivity index (χ3n) is 4.21. The van der Waals surface area contributed by atoms with Crippen molar-refractivity contribution < 1.29 is 19.4 Å². The molecule has 0 radical (unpaired) electrons. The molecule has 0 aromatic heterocycles. The second kappa shape index (κ2) is 9.43. The molecule has 6 nitrogen and oxygen atoms in total. The topological polar surface area (TPSA) is 79.2 Å². The predicted octanol–water partition coefficient (Wildman–Crippen LogP) is 4.80. The van der Waals surface area contributed by atoms with E-state index in [0.717, 1.165) is 17.7 Å². The number of benzene rings is 2. The van der Waals surface area contributed by atoms with Gasteiger partial charge < -0.3 is 9.84 Å². The fourth-order valence-corrected chi connectivity index (χ4v) is 3.81. The van der Waals surface area contributed by atoms with Gasteiger partial charge in [0.15, 0.2) is 5.17 Å². The van der Waals surface area contributed by atoms with E-state index in [2.05, 4.69) is 11.9 Å². The molecule has 0 bridgehead atoms. The molecule has 0 atom stereocenters. The molecular formula is C22H22N2O4S. The lowest BCUT2D eigenvalue weighted by Gasteiger charge is -2.12. The van der Waals surface area contributed by atoms with Crippen LogP contribution in [0.15, 0.2) is 58.4 Å². The van der Waals surface area contributed by atoms with Crippen LogP contribution in [-0.4, -0.2) is 40.2 Å². The Kier molecular flexibility index (Phi) is 6.72. The van der Waals surface area contributed by atoms with Crippen LogP contribution in [0.4, 0.5) is 5.69 Å². The van der Waals surface area contributed by atoms with Crippen molar-refractivity contribution in [2.75, 3.05) is 13.2 Å². The number of aliphatic imine (C=N–C) groups is 1. The van der Waals surface area contributed by atoms with Gasteiger partial charge in [-0.2, -0.15) is 0 Å². The first kappa shape index (κ1) is 20.7. The van der Waals surface area contributed by atoms with Crippen LogP contribution in [0.3, 0.4) is 0 Å². The summed E-state index contributed by atoms with van der Waals surface area (Å²) < 4.78 is 5.58. The maximum atomic E-state index is 12.8. The van der Waals surface area contributed by atoms with Crippen LogP contribution in [-0.2, 0) is 4.79 Å². The van der Waals surface area contributed by atoms with Crippen molar-refractivity contribution in [3.8, 4) is 5.75 Å². The number of rotatable bonds is 7. The number of likely N-dealkylation sites (N-methyl/N-ethyl adjacent to an activating group) is 1. The van der Waals surface area contributed by atoms with Crippen LogP contribution >= 0.6 is 11.8 Å². The SMILES string of the molecule is CCCOc1ccc(/C=C2\SC(=Nc3ccccc3C(=O)O)N(CC)C2=O)cc1. The number of amidine groups is 1. The van der Waals surface area contributed by atoms with Crippen molar-refractivity contribution in [3.63, 3.8) is 0 Å². The van der Waals surface area contributed by atoms with Crippen molar-refractivity contribution in [3.05, 3.63) is 64.6 Å². The Labute approximate surface area is 173 Å². The van der Waals surface area contributed by atoms with Gasteiger partial charge in [0.05, 0.1) is 22.8 Å². The number of nitrogens with zero attached hydrogens (tertiary/aromatic N) is 2. The molecule has 1 heterocycles. The van der Waals surface area contributed by atoms with E-state index in [-0.39, 0.29) is 11.5 Å². The monoisotopic (exact) mass is 410 g/mol. The van der Waals surface area contributed by atoms with Gasteiger partial charge in [-0.05, 0) is 61.0 Å². The van der Waals surface area contributed by atoms with E-state index in [1.54, 1.807) is 23.1 Å². The molecule has 1 aliphatic heterocycles. The van der Waals surface area contributed by atoms with Crippen LogP contribution in [0.25, 0.3) is 6.08 Å². The number of carboxylic acids is 1. The molecule has 7 heteroatoms. The highest BCUT2D eigenvalue weighted by molar-refractivity contribution is 8.18. The summed E-state index contributed by atoms with van der Waals surface area (Å²) in [4.78, 5) is 30.8. The summed E-state index contributed by atoms with van der Waals surface area (Å²) in [5, 5.41) is 9.83. The van der Waals surface area contributed by atoms with E-state index in [9.17, 15) is 14.7 Å². The minimum Gasteiger partial charge on any atom is -0.494 e. The predicted molar refractivity (Wildman–Crippen MR) is 116 cm³/mol. The number of thioether (sulfide) groups is 1. The van der Waals surface area contributed by atoms with Gasteiger partial charge in [-0.1, -0.05) is 31.2 Å². The molecule has 3 rings (SSSR count). The maximum absolute atomic E-state index is 12.8. The number of carboxylic acid groups (broad SMARTS) is 1. The first-order valence-corrected chi connectivity index (χ1v) is 10.2. The molecule has 1 aliphatic rings. The number of amides is 1. The Morgan fingerprint density at radius 3 is 2.55 bits per heavy atom. The quantitative estimate of drug-likeness (QED) is 0.664. The molecule has 1 saturated heterocycles. The normalized spacial score (nSPS) is 16.6. The number of carbonyl (C=O) groups is 2. The number of para-hydroxylation sites is 1. The highest BCUT2D eigenvalue weighted by Crippen LogP contribution is 2.34. The van der Waals surface area contributed by atoms with Crippen LogP contribution < -0.4 is 4.74 Å². The van der Waals surface area contributed by atoms with Gasteiger partial charge in [0, 0.05) is 6.54 Å². The summed E-state index contributed by atoms with van der Waals surface area (Å²) in [5.41, 5.74) is 1.31. The molecule has 2 aromatic carbocycles. The van der Waals surface area contributed by atoms with Crippen molar-refractivity contribution in [1.29, 1.82) is 0 Å². The molecule has 29 heavy (non-hydrogen) atoms. The number of hydrogen-bond acceptors (Lipinski definition) is 5. The van der Waals surface area contributed by atoms with E-state index in [4.69, 9.17) is 4.74 Å². The van der Waals surface area contributed by atoms with Crippen molar-refractivity contribution >= 4 is 40.6 Å². The van der Waals surface area contributed by atoms with Crippen molar-refractivity contribution in [2.24, 2.45) is 4.99 Å². The first-order chi connectivity index (χ1) is 14.0. The molecule has 0 aliphatic carbocycles. The Hall–Kier alpha value is -3.06. The maximum Gasteiger partial charge on any atom is 0.337 e. The molecule has 0 spiro atoms. The smallest absolute Gasteiger partial charge is 0.337 e. The van der Waals surface area contributed by atoms with Crippen LogP contribution in [0.2, 0.25) is 0 Å². The molecule has 0 unspecified atom stereocenters. The average Bonchev–Trinajstić information content (AvgIpc) is 3.01. The molecule has 1 amide bonds. The highest BCUT2D eigenvalue weighted by Gasteiger charge is 2.32. The van der Waals surface area contributed by atoms with Crippen molar-refractivity contribution in [2.45, 2.75) is 20.3 Å². The summed E-state index contributed by atoms with van der Waals surface area (Å²) >= 11 is 1.24. The number of ether oxygens (including phenoxy) is 1. The largest absolute Gasteiger partial charge is 0.494 e. The second-order valence-electron chi connectivity index (χ2n) is 6.29. The summed E-state index contributed by atoms with van der Waals surface area (Å²) in [5.74, 6) is -0.402. The minimum atomic E-state index is -1.05. The molecule has 150 valence electrons. The lowest BCUT2D eigenvalue weighted by molar-refractivity contribution is -0.122. The number of hydrogen-bond donors (Lipinski definition) is 1. The first-order valence-electron chi connectivity index (χ1n) is 9.38. The fourth-order valence-electron chi connectivity index (χ4n) is 2.76. The third-order valence-corrected chi connectivity index (χ3v) is 5.21. The van der Waals surface area contributed by atoms with E-state index in [1.165, 1.54) is 17.8 Å². The van der Waals surface area contributed by atoms with Gasteiger partial charge in [-0.3, -0.25) is 9.69 Å². The summed E-state index contributed by atoms with van der Waals surface area (Å²) in [7, 11) is 0. The average molecular weight is 410 g/mol. The van der Waals surface area contributed by atoms with E-state index in [0.29, 0.717) is 28.9 Å². The van der Waals surface area contributed by atoms with E-state index in [1.807, 2.05) is 37.3 Å². The number of aromatic carboxylic acids is 1. The van der Waals surface area contributed by atoms with Gasteiger partial charge in [-0.15, -0.1) is 0 Å². The zero-order chi connectivity index (χ0) is 20.8. The van der Waals surface area contributed by atoms with Gasteiger partial charge >= 0.3 is 5.97 Å². The van der Waals surface area contributed by atoms with Crippen LogP contribution in [0.5, 0.6) is 5.75 Å². The zero-order valence-corrected chi connectivity index (χ0v) is 17.1. The Balaban J connectivity index is 1.87. The summed E-state index contributed by atoms with van der Waals surface area (Å²) in [6.45, 7) is 5.02. The molecule has 1 fully saturated rings. The van der Waals surface area contributed by atoms with Gasteiger partial charge in [0.2, 0.25) is 0 Å². The van der Waals surface area contributed by atoms with Gasteiger partial charge in [-0.25, -0.2) is 9.79 Å². The zero-order valence-electron chi connectivity index (χ0n) is 16.3. The Morgan fingerprint density at radius 2 is 1.90 bits per heavy atom. The van der Waals surface area contributed by atoms with Crippen molar-refractivity contribution in [1.82, 2.24) is 4.90 Å². The minimum absolute atomic E-state index is 0.101. The lowest BCUT2D eigenvalue weighted by Crippen LogP contribution is -2.28. The molecular weight excluding hydrogens is 388 g/mol. The molecule has 0 saturated carbocycles. The lowest BCUT2D eigenvalue weighted by atomic mass is 10.2. The third kappa shape index (κ3) is 4.86. The molecule has 2 aromatic rings. The van der Waals surface area contributed by atoms with E-state index < -0.39 is 5.97 Å².